The Kier molecular flexibility index (Phi) is 5.14. The number of nitrogens with zero attached hydrogens (tertiary/aromatic N) is 1. The number of sulfonamides is 1. The van der Waals surface area contributed by atoms with Crippen LogP contribution in [0.15, 0.2) is 23.1 Å². The first-order valence-electron chi connectivity index (χ1n) is 6.93. The summed E-state index contributed by atoms with van der Waals surface area (Å²) in [6.45, 7) is 2.59. The summed E-state index contributed by atoms with van der Waals surface area (Å²) in [5, 5.41) is 0.189. The van der Waals surface area contributed by atoms with Crippen LogP contribution in [0.3, 0.4) is 0 Å². The van der Waals surface area contributed by atoms with Crippen LogP contribution in [0.4, 0.5) is 5.69 Å². The summed E-state index contributed by atoms with van der Waals surface area (Å²) >= 11 is 6.07. The molecule has 1 saturated carbocycles. The van der Waals surface area contributed by atoms with E-state index in [1.54, 1.807) is 13.2 Å². The molecule has 0 radical (unpaired) electrons. The Balaban J connectivity index is 2.38. The Morgan fingerprint density at radius 1 is 1.48 bits per heavy atom. The fourth-order valence-electron chi connectivity index (χ4n) is 2.38. The first-order chi connectivity index (χ1) is 9.87. The van der Waals surface area contributed by atoms with Crippen molar-refractivity contribution in [1.29, 1.82) is 0 Å². The second-order valence-electron chi connectivity index (χ2n) is 5.38. The molecule has 2 N–H and O–H groups in total. The van der Waals surface area contributed by atoms with Crippen LogP contribution in [-0.4, -0.2) is 39.0 Å². The van der Waals surface area contributed by atoms with Crippen molar-refractivity contribution in [3.63, 3.8) is 0 Å². The van der Waals surface area contributed by atoms with Crippen molar-refractivity contribution in [2.24, 2.45) is 5.92 Å². The molecular formula is C14H21ClN2O3S. The van der Waals surface area contributed by atoms with E-state index in [4.69, 9.17) is 22.1 Å². The number of hydrogen-bond acceptors (Lipinski definition) is 4. The van der Waals surface area contributed by atoms with Gasteiger partial charge in [0, 0.05) is 25.4 Å². The standard InChI is InChI=1S/C14H21ClN2O3S/c1-10(11-3-4-11)17(7-8-20-2)21(18,19)14-9-12(16)5-6-13(14)15/h5-6,9-11H,3-4,7-8,16H2,1-2H3. The van der Waals surface area contributed by atoms with Crippen LogP contribution in [0, 0.1) is 5.92 Å². The van der Waals surface area contributed by atoms with E-state index in [-0.39, 0.29) is 16.0 Å². The van der Waals surface area contributed by atoms with Crippen molar-refractivity contribution in [2.75, 3.05) is 26.0 Å². The van der Waals surface area contributed by atoms with E-state index >= 15 is 0 Å². The second-order valence-corrected chi connectivity index (χ2v) is 7.64. The van der Waals surface area contributed by atoms with Crippen LogP contribution in [-0.2, 0) is 14.8 Å². The number of nitrogen functional groups attached to an aromatic ring is 1. The Bertz CT molecular complexity index is 602. The van der Waals surface area contributed by atoms with Crippen LogP contribution in [0.1, 0.15) is 19.8 Å². The van der Waals surface area contributed by atoms with Crippen molar-refractivity contribution >= 4 is 27.3 Å². The van der Waals surface area contributed by atoms with Gasteiger partial charge in [-0.15, -0.1) is 0 Å². The lowest BCUT2D eigenvalue weighted by Crippen LogP contribution is -2.42. The molecule has 118 valence electrons. The summed E-state index contributed by atoms with van der Waals surface area (Å²) in [6, 6.07) is 4.45. The highest BCUT2D eigenvalue weighted by molar-refractivity contribution is 7.89. The second kappa shape index (κ2) is 6.52. The number of benzene rings is 1. The number of rotatable bonds is 7. The van der Waals surface area contributed by atoms with Gasteiger partial charge in [0.15, 0.2) is 0 Å². The summed E-state index contributed by atoms with van der Waals surface area (Å²) in [6.07, 6.45) is 2.12. The quantitative estimate of drug-likeness (QED) is 0.778. The van der Waals surface area contributed by atoms with Crippen LogP contribution in [0.25, 0.3) is 0 Å². The van der Waals surface area contributed by atoms with E-state index in [9.17, 15) is 8.42 Å². The molecule has 1 aromatic carbocycles. The Morgan fingerprint density at radius 2 is 2.14 bits per heavy atom. The van der Waals surface area contributed by atoms with Crippen molar-refractivity contribution in [3.8, 4) is 0 Å². The van der Waals surface area contributed by atoms with E-state index < -0.39 is 10.0 Å². The van der Waals surface area contributed by atoms with E-state index in [1.165, 1.54) is 16.4 Å². The van der Waals surface area contributed by atoms with Gasteiger partial charge in [-0.3, -0.25) is 0 Å². The molecule has 1 fully saturated rings. The topological polar surface area (TPSA) is 72.6 Å². The molecule has 0 heterocycles. The molecule has 21 heavy (non-hydrogen) atoms. The minimum atomic E-state index is -3.69. The maximum Gasteiger partial charge on any atom is 0.244 e. The van der Waals surface area contributed by atoms with Crippen molar-refractivity contribution in [2.45, 2.75) is 30.7 Å². The van der Waals surface area contributed by atoms with Gasteiger partial charge in [0.1, 0.15) is 4.90 Å². The average Bonchev–Trinajstić information content (AvgIpc) is 3.25. The third kappa shape index (κ3) is 3.69. The van der Waals surface area contributed by atoms with Crippen LogP contribution in [0.2, 0.25) is 5.02 Å². The molecule has 0 saturated heterocycles. The highest BCUT2D eigenvalue weighted by Crippen LogP contribution is 2.38. The molecule has 5 nitrogen and oxygen atoms in total. The molecule has 1 aromatic rings. The third-order valence-electron chi connectivity index (χ3n) is 3.82. The molecule has 1 aliphatic carbocycles. The zero-order valence-electron chi connectivity index (χ0n) is 12.3. The van der Waals surface area contributed by atoms with Crippen molar-refractivity contribution in [1.82, 2.24) is 4.31 Å². The van der Waals surface area contributed by atoms with Gasteiger partial charge < -0.3 is 10.5 Å². The summed E-state index contributed by atoms with van der Waals surface area (Å²) in [5.41, 5.74) is 6.08. The highest BCUT2D eigenvalue weighted by Gasteiger charge is 2.38. The van der Waals surface area contributed by atoms with E-state index in [2.05, 4.69) is 0 Å². The summed E-state index contributed by atoms with van der Waals surface area (Å²) in [7, 11) is -2.13. The van der Waals surface area contributed by atoms with Gasteiger partial charge in [-0.05, 0) is 43.9 Å². The zero-order chi connectivity index (χ0) is 15.6. The first kappa shape index (κ1) is 16.5. The Labute approximate surface area is 131 Å². The van der Waals surface area contributed by atoms with Crippen LogP contribution < -0.4 is 5.73 Å². The number of nitrogens with two attached hydrogens (primary N) is 1. The fourth-order valence-corrected chi connectivity index (χ4v) is 4.57. The van der Waals surface area contributed by atoms with Crippen molar-refractivity contribution in [3.05, 3.63) is 23.2 Å². The van der Waals surface area contributed by atoms with E-state index in [1.807, 2.05) is 6.92 Å². The lowest BCUT2D eigenvalue weighted by molar-refractivity contribution is 0.164. The first-order valence-corrected chi connectivity index (χ1v) is 8.75. The summed E-state index contributed by atoms with van der Waals surface area (Å²) in [4.78, 5) is 0.0627. The van der Waals surface area contributed by atoms with Gasteiger partial charge in [-0.25, -0.2) is 8.42 Å². The number of methoxy groups -OCH3 is 1. The smallest absolute Gasteiger partial charge is 0.244 e. The normalized spacial score (nSPS) is 17.1. The predicted octanol–water partition coefficient (Wildman–Crippen LogP) is 2.36. The van der Waals surface area contributed by atoms with Gasteiger partial charge >= 0.3 is 0 Å². The van der Waals surface area contributed by atoms with Gasteiger partial charge in [0.25, 0.3) is 0 Å². The fraction of sp³-hybridized carbons (Fsp3) is 0.571. The van der Waals surface area contributed by atoms with Gasteiger partial charge in [-0.1, -0.05) is 11.6 Å². The summed E-state index contributed by atoms with van der Waals surface area (Å²) < 4.78 is 32.4. The lowest BCUT2D eigenvalue weighted by Gasteiger charge is -2.28. The van der Waals surface area contributed by atoms with Crippen LogP contribution >= 0.6 is 11.6 Å². The lowest BCUT2D eigenvalue weighted by atomic mass is 10.2. The average molecular weight is 333 g/mol. The third-order valence-corrected chi connectivity index (χ3v) is 6.28. The molecule has 0 bridgehead atoms. The monoisotopic (exact) mass is 332 g/mol. The van der Waals surface area contributed by atoms with Gasteiger partial charge in [0.2, 0.25) is 10.0 Å². The van der Waals surface area contributed by atoms with Gasteiger partial charge in [-0.2, -0.15) is 4.31 Å². The van der Waals surface area contributed by atoms with Crippen LogP contribution in [0.5, 0.6) is 0 Å². The largest absolute Gasteiger partial charge is 0.399 e. The number of anilines is 1. The zero-order valence-corrected chi connectivity index (χ0v) is 13.8. The van der Waals surface area contributed by atoms with Gasteiger partial charge in [0.05, 0.1) is 11.6 Å². The minimum Gasteiger partial charge on any atom is -0.399 e. The Hall–Kier alpha value is -0.820. The number of ether oxygens (including phenoxy) is 1. The maximum atomic E-state index is 12.9. The van der Waals surface area contributed by atoms with E-state index in [0.717, 1.165) is 12.8 Å². The van der Waals surface area contributed by atoms with Crippen molar-refractivity contribution < 1.29 is 13.2 Å². The Morgan fingerprint density at radius 3 is 2.71 bits per heavy atom. The SMILES string of the molecule is COCCN(C(C)C1CC1)S(=O)(=O)c1cc(N)ccc1Cl. The molecule has 7 heteroatoms. The molecule has 1 unspecified atom stereocenters. The number of halogens is 1. The molecule has 0 aliphatic heterocycles. The molecule has 2 rings (SSSR count). The number of hydrogen-bond donors (Lipinski definition) is 1. The molecule has 1 atom stereocenters. The highest BCUT2D eigenvalue weighted by atomic mass is 35.5. The minimum absolute atomic E-state index is 0.0627. The van der Waals surface area contributed by atoms with E-state index in [0.29, 0.717) is 24.8 Å². The molecule has 1 aliphatic rings. The molecule has 0 aromatic heterocycles. The maximum absolute atomic E-state index is 12.9. The molecule has 0 spiro atoms. The predicted molar refractivity (Wildman–Crippen MR) is 83.8 cm³/mol. The molecular weight excluding hydrogens is 312 g/mol. The summed E-state index contributed by atoms with van der Waals surface area (Å²) in [5.74, 6) is 0.413. The molecule has 0 amide bonds.